The van der Waals surface area contributed by atoms with E-state index in [4.69, 9.17) is 0 Å². The van der Waals surface area contributed by atoms with Crippen LogP contribution in [0.5, 0.6) is 0 Å². The van der Waals surface area contributed by atoms with Crippen molar-refractivity contribution in [2.24, 2.45) is 5.41 Å². The van der Waals surface area contributed by atoms with Crippen molar-refractivity contribution in [3.63, 3.8) is 0 Å². The molecule has 134 valence electrons. The first-order chi connectivity index (χ1) is 11.3. The number of nitrogens with one attached hydrogen (secondary N) is 1. The van der Waals surface area contributed by atoms with E-state index in [9.17, 15) is 13.2 Å². The number of halogens is 3. The Hall–Kier alpha value is -1.07. The lowest BCUT2D eigenvalue weighted by molar-refractivity contribution is -0.140. The molecule has 2 nitrogen and oxygen atoms in total. The normalized spacial score (nSPS) is 28.6. The molecule has 3 aliphatic carbocycles. The van der Waals surface area contributed by atoms with Crippen LogP contribution in [0.15, 0.2) is 24.3 Å². The molecule has 0 aliphatic heterocycles. The highest BCUT2D eigenvalue weighted by Gasteiger charge is 2.67. The highest BCUT2D eigenvalue weighted by molar-refractivity contribution is 5.40. The first-order valence-corrected chi connectivity index (χ1v) is 8.93. The summed E-state index contributed by atoms with van der Waals surface area (Å²) >= 11 is 0. The van der Waals surface area contributed by atoms with Gasteiger partial charge < -0.3 is 10.2 Å². The van der Waals surface area contributed by atoms with Crippen molar-refractivity contribution in [3.8, 4) is 0 Å². The van der Waals surface area contributed by atoms with E-state index in [2.05, 4.69) is 24.1 Å². The maximum absolute atomic E-state index is 12.7. The number of hydrogen-bond donors (Lipinski definition) is 1. The minimum absolute atomic E-state index is 0.157. The molecule has 3 aliphatic rings. The largest absolute Gasteiger partial charge is 0.416 e. The van der Waals surface area contributed by atoms with E-state index < -0.39 is 11.7 Å². The smallest absolute Gasteiger partial charge is 0.315 e. The van der Waals surface area contributed by atoms with Crippen molar-refractivity contribution in [2.75, 3.05) is 32.7 Å². The molecule has 3 fully saturated rings. The van der Waals surface area contributed by atoms with E-state index in [-0.39, 0.29) is 5.41 Å². The van der Waals surface area contributed by atoms with Gasteiger partial charge in [-0.3, -0.25) is 0 Å². The first kappa shape index (κ1) is 17.7. The summed E-state index contributed by atoms with van der Waals surface area (Å²) in [5.74, 6) is 0. The Morgan fingerprint density at radius 1 is 1.04 bits per heavy atom. The molecular formula is C19H27F3N2. The van der Waals surface area contributed by atoms with Gasteiger partial charge in [-0.15, -0.1) is 0 Å². The number of rotatable bonds is 8. The molecule has 1 aromatic carbocycles. The Kier molecular flexibility index (Phi) is 4.69. The molecule has 5 heteroatoms. The zero-order chi connectivity index (χ0) is 17.4. The van der Waals surface area contributed by atoms with E-state index in [1.165, 1.54) is 12.1 Å². The van der Waals surface area contributed by atoms with Crippen LogP contribution in [-0.4, -0.2) is 37.6 Å². The number of hydrogen-bond acceptors (Lipinski definition) is 2. The Labute approximate surface area is 142 Å². The number of alkyl halides is 3. The van der Waals surface area contributed by atoms with E-state index in [0.29, 0.717) is 5.41 Å². The summed E-state index contributed by atoms with van der Waals surface area (Å²) in [5, 5.41) is 3.57. The van der Waals surface area contributed by atoms with Gasteiger partial charge >= 0.3 is 6.18 Å². The topological polar surface area (TPSA) is 15.3 Å². The van der Waals surface area contributed by atoms with Crippen LogP contribution in [-0.2, 0) is 11.6 Å². The summed E-state index contributed by atoms with van der Waals surface area (Å²) < 4.78 is 38.0. The fourth-order valence-corrected chi connectivity index (χ4v) is 4.64. The molecular weight excluding hydrogens is 313 g/mol. The second-order valence-corrected chi connectivity index (χ2v) is 7.59. The third kappa shape index (κ3) is 3.21. The van der Waals surface area contributed by atoms with Gasteiger partial charge in [0, 0.05) is 19.6 Å². The zero-order valence-electron chi connectivity index (χ0n) is 14.5. The summed E-state index contributed by atoms with van der Waals surface area (Å²) in [7, 11) is 0. The molecule has 1 N–H and O–H groups in total. The summed E-state index contributed by atoms with van der Waals surface area (Å²) in [6, 6.07) is 5.81. The van der Waals surface area contributed by atoms with Gasteiger partial charge in [-0.05, 0) is 60.9 Å². The van der Waals surface area contributed by atoms with E-state index in [0.717, 1.165) is 57.5 Å². The van der Waals surface area contributed by atoms with Gasteiger partial charge in [-0.25, -0.2) is 0 Å². The molecule has 1 aromatic rings. The minimum atomic E-state index is -4.24. The molecule has 0 heterocycles. The second kappa shape index (κ2) is 6.34. The molecule has 0 spiro atoms. The molecule has 3 saturated carbocycles. The van der Waals surface area contributed by atoms with Crippen molar-refractivity contribution in [1.29, 1.82) is 0 Å². The van der Waals surface area contributed by atoms with E-state index in [1.54, 1.807) is 12.1 Å². The van der Waals surface area contributed by atoms with Gasteiger partial charge in [0.25, 0.3) is 0 Å². The average Bonchev–Trinajstić information content (AvgIpc) is 2.47. The molecule has 0 radical (unpaired) electrons. The fraction of sp³-hybridized carbons (Fsp3) is 0.684. The monoisotopic (exact) mass is 340 g/mol. The van der Waals surface area contributed by atoms with Crippen LogP contribution >= 0.6 is 0 Å². The molecule has 24 heavy (non-hydrogen) atoms. The number of benzene rings is 1. The van der Waals surface area contributed by atoms with Gasteiger partial charge in [0.05, 0.1) is 5.56 Å². The summed E-state index contributed by atoms with van der Waals surface area (Å²) in [6.07, 6.45) is -0.898. The molecule has 4 rings (SSSR count). The molecule has 0 amide bonds. The molecule has 0 atom stereocenters. The standard InChI is InChI=1S/C19H27F3N2/c1-3-24(4-2)10-9-23-14-17-11-18(12-17,13-17)15-5-7-16(8-6-15)19(20,21)22/h5-8,23H,3-4,9-14H2,1-2H3. The Bertz CT molecular complexity index is 541. The third-order valence-electron chi connectivity index (χ3n) is 5.96. The maximum atomic E-state index is 12.7. The third-order valence-corrected chi connectivity index (χ3v) is 5.96. The van der Waals surface area contributed by atoms with Crippen LogP contribution < -0.4 is 5.32 Å². The van der Waals surface area contributed by atoms with Crippen LogP contribution in [0.1, 0.15) is 44.2 Å². The predicted octanol–water partition coefficient (Wildman–Crippen LogP) is 4.06. The average molecular weight is 340 g/mol. The lowest BCUT2D eigenvalue weighted by Crippen LogP contribution is -2.67. The molecule has 0 unspecified atom stereocenters. The predicted molar refractivity (Wildman–Crippen MR) is 90.1 cm³/mol. The lowest BCUT2D eigenvalue weighted by Gasteiger charge is -2.71. The zero-order valence-corrected chi connectivity index (χ0v) is 14.5. The number of nitrogens with zero attached hydrogens (tertiary/aromatic N) is 1. The van der Waals surface area contributed by atoms with Crippen LogP contribution in [0.25, 0.3) is 0 Å². The van der Waals surface area contributed by atoms with Crippen LogP contribution in [0.4, 0.5) is 13.2 Å². The first-order valence-electron chi connectivity index (χ1n) is 8.93. The summed E-state index contributed by atoms with van der Waals surface area (Å²) in [4.78, 5) is 2.40. The number of likely N-dealkylation sites (N-methyl/N-ethyl adjacent to an activating group) is 1. The Morgan fingerprint density at radius 3 is 2.12 bits per heavy atom. The highest BCUT2D eigenvalue weighted by Crippen LogP contribution is 2.73. The quantitative estimate of drug-likeness (QED) is 0.718. The fourth-order valence-electron chi connectivity index (χ4n) is 4.64. The van der Waals surface area contributed by atoms with Gasteiger partial charge in [-0.2, -0.15) is 13.2 Å². The van der Waals surface area contributed by atoms with E-state index in [1.807, 2.05) is 0 Å². The maximum Gasteiger partial charge on any atom is 0.416 e. The molecule has 2 bridgehead atoms. The van der Waals surface area contributed by atoms with E-state index >= 15 is 0 Å². The summed E-state index contributed by atoms with van der Waals surface area (Å²) in [6.45, 7) is 9.65. The van der Waals surface area contributed by atoms with Gasteiger partial charge in [0.1, 0.15) is 0 Å². The Morgan fingerprint density at radius 2 is 1.62 bits per heavy atom. The van der Waals surface area contributed by atoms with Crippen molar-refractivity contribution >= 4 is 0 Å². The van der Waals surface area contributed by atoms with Crippen LogP contribution in [0.2, 0.25) is 0 Å². The second-order valence-electron chi connectivity index (χ2n) is 7.59. The Balaban J connectivity index is 1.45. The minimum Gasteiger partial charge on any atom is -0.315 e. The molecule has 0 aromatic heterocycles. The highest BCUT2D eigenvalue weighted by atomic mass is 19.4. The van der Waals surface area contributed by atoms with Gasteiger partial charge in [0.15, 0.2) is 0 Å². The van der Waals surface area contributed by atoms with Crippen LogP contribution in [0, 0.1) is 5.41 Å². The van der Waals surface area contributed by atoms with Gasteiger partial charge in [0.2, 0.25) is 0 Å². The summed E-state index contributed by atoms with van der Waals surface area (Å²) in [5.41, 5.74) is 1.09. The van der Waals surface area contributed by atoms with Crippen LogP contribution in [0.3, 0.4) is 0 Å². The lowest BCUT2D eigenvalue weighted by atomic mass is 9.33. The SMILES string of the molecule is CCN(CC)CCNCC12CC(c3ccc(C(F)(F)F)cc3)(C1)C2. The van der Waals surface area contributed by atoms with Crippen molar-refractivity contribution in [3.05, 3.63) is 35.4 Å². The van der Waals surface area contributed by atoms with Crippen molar-refractivity contribution < 1.29 is 13.2 Å². The van der Waals surface area contributed by atoms with Gasteiger partial charge in [-0.1, -0.05) is 26.0 Å². The van der Waals surface area contributed by atoms with Crippen molar-refractivity contribution in [1.82, 2.24) is 10.2 Å². The molecule has 0 saturated heterocycles. The van der Waals surface area contributed by atoms with Crippen molar-refractivity contribution in [2.45, 2.75) is 44.7 Å².